The lowest BCUT2D eigenvalue weighted by atomic mass is 10.3. The molecule has 2 rings (SSSR count). The molecular formula is C10H10FN3. The molecular weight excluding hydrogens is 181 g/mol. The molecule has 2 N–H and O–H groups in total. The number of nitrogens with zero attached hydrogens (tertiary/aromatic N) is 2. The van der Waals surface area contributed by atoms with Crippen LogP contribution in [0.1, 0.15) is 5.69 Å². The number of nitrogens with two attached hydrogens (primary N) is 1. The van der Waals surface area contributed by atoms with Gasteiger partial charge < -0.3 is 5.73 Å². The molecule has 4 heteroatoms. The minimum absolute atomic E-state index is 0.254. The Labute approximate surface area is 81.0 Å². The van der Waals surface area contributed by atoms with Crippen LogP contribution in [-0.2, 0) is 6.54 Å². The molecule has 72 valence electrons. The van der Waals surface area contributed by atoms with E-state index in [4.69, 9.17) is 5.73 Å². The van der Waals surface area contributed by atoms with Crippen LogP contribution >= 0.6 is 0 Å². The largest absolute Gasteiger partial charge is 0.325 e. The standard InChI is InChI=1S/C10H10FN3/c11-8-1-3-9(4-2-8)14-10(7-12)5-6-13-14/h1-6H,7,12H2. The Kier molecular flexibility index (Phi) is 2.28. The third-order valence-electron chi connectivity index (χ3n) is 2.00. The normalized spacial score (nSPS) is 10.4. The van der Waals surface area contributed by atoms with Crippen molar-refractivity contribution in [1.82, 2.24) is 9.78 Å². The number of hydrogen-bond donors (Lipinski definition) is 1. The maximum Gasteiger partial charge on any atom is 0.123 e. The quantitative estimate of drug-likeness (QED) is 0.781. The number of halogens is 1. The Morgan fingerprint density at radius 3 is 2.57 bits per heavy atom. The van der Waals surface area contributed by atoms with Crippen LogP contribution in [0.25, 0.3) is 5.69 Å². The SMILES string of the molecule is NCc1ccnn1-c1ccc(F)cc1. The van der Waals surface area contributed by atoms with Gasteiger partial charge in [-0.05, 0) is 30.3 Å². The maximum atomic E-state index is 12.7. The molecule has 0 radical (unpaired) electrons. The third-order valence-corrected chi connectivity index (χ3v) is 2.00. The first-order chi connectivity index (χ1) is 6.81. The van der Waals surface area contributed by atoms with Gasteiger partial charge in [0.1, 0.15) is 5.82 Å². The van der Waals surface area contributed by atoms with Gasteiger partial charge >= 0.3 is 0 Å². The topological polar surface area (TPSA) is 43.8 Å². The van der Waals surface area contributed by atoms with Crippen molar-refractivity contribution in [3.8, 4) is 5.69 Å². The van der Waals surface area contributed by atoms with E-state index in [9.17, 15) is 4.39 Å². The van der Waals surface area contributed by atoms with E-state index in [0.29, 0.717) is 6.54 Å². The second kappa shape index (κ2) is 3.59. The van der Waals surface area contributed by atoms with Crippen LogP contribution in [0.4, 0.5) is 4.39 Å². The summed E-state index contributed by atoms with van der Waals surface area (Å²) in [5.74, 6) is -0.254. The third kappa shape index (κ3) is 1.52. The summed E-state index contributed by atoms with van der Waals surface area (Å²) in [5, 5.41) is 4.10. The van der Waals surface area contributed by atoms with Gasteiger partial charge in [0.05, 0.1) is 11.4 Å². The predicted octanol–water partition coefficient (Wildman–Crippen LogP) is 1.47. The van der Waals surface area contributed by atoms with Crippen LogP contribution in [0.5, 0.6) is 0 Å². The van der Waals surface area contributed by atoms with Crippen molar-refractivity contribution in [1.29, 1.82) is 0 Å². The Morgan fingerprint density at radius 2 is 1.93 bits per heavy atom. The molecule has 0 aliphatic rings. The maximum absolute atomic E-state index is 12.7. The molecule has 0 aliphatic carbocycles. The van der Waals surface area contributed by atoms with Crippen LogP contribution in [-0.4, -0.2) is 9.78 Å². The zero-order chi connectivity index (χ0) is 9.97. The summed E-state index contributed by atoms with van der Waals surface area (Å²) >= 11 is 0. The zero-order valence-corrected chi connectivity index (χ0v) is 7.52. The van der Waals surface area contributed by atoms with Crippen molar-refractivity contribution in [3.05, 3.63) is 48.0 Å². The second-order valence-corrected chi connectivity index (χ2v) is 2.91. The number of benzene rings is 1. The monoisotopic (exact) mass is 191 g/mol. The fourth-order valence-electron chi connectivity index (χ4n) is 1.30. The van der Waals surface area contributed by atoms with E-state index in [0.717, 1.165) is 11.4 Å². The molecule has 0 atom stereocenters. The number of hydrogen-bond acceptors (Lipinski definition) is 2. The molecule has 0 aliphatic heterocycles. The molecule has 0 unspecified atom stereocenters. The summed E-state index contributed by atoms with van der Waals surface area (Å²) < 4.78 is 14.4. The van der Waals surface area contributed by atoms with Crippen molar-refractivity contribution in [3.63, 3.8) is 0 Å². The molecule has 0 saturated heterocycles. The average Bonchev–Trinajstić information content (AvgIpc) is 2.67. The summed E-state index contributed by atoms with van der Waals surface area (Å²) in [7, 11) is 0. The van der Waals surface area contributed by atoms with Crippen LogP contribution in [0.15, 0.2) is 36.5 Å². The smallest absolute Gasteiger partial charge is 0.123 e. The summed E-state index contributed by atoms with van der Waals surface area (Å²) in [4.78, 5) is 0. The number of rotatable bonds is 2. The van der Waals surface area contributed by atoms with E-state index in [1.54, 1.807) is 23.0 Å². The van der Waals surface area contributed by atoms with Crippen LogP contribution in [0.3, 0.4) is 0 Å². The van der Waals surface area contributed by atoms with Gasteiger partial charge in [0.15, 0.2) is 0 Å². The molecule has 0 bridgehead atoms. The predicted molar refractivity (Wildman–Crippen MR) is 51.4 cm³/mol. The first-order valence-electron chi connectivity index (χ1n) is 4.30. The van der Waals surface area contributed by atoms with Gasteiger partial charge in [0.2, 0.25) is 0 Å². The van der Waals surface area contributed by atoms with E-state index in [1.807, 2.05) is 6.07 Å². The van der Waals surface area contributed by atoms with E-state index >= 15 is 0 Å². The van der Waals surface area contributed by atoms with Crippen LogP contribution in [0, 0.1) is 5.82 Å². The van der Waals surface area contributed by atoms with Crippen LogP contribution < -0.4 is 5.73 Å². The lowest BCUT2D eigenvalue weighted by Crippen LogP contribution is -2.06. The van der Waals surface area contributed by atoms with Crippen molar-refractivity contribution in [2.45, 2.75) is 6.54 Å². The second-order valence-electron chi connectivity index (χ2n) is 2.91. The fraction of sp³-hybridized carbons (Fsp3) is 0.100. The Balaban J connectivity index is 2.44. The molecule has 1 aromatic carbocycles. The molecule has 0 spiro atoms. The first kappa shape index (κ1) is 8.90. The number of aromatic nitrogens is 2. The fourth-order valence-corrected chi connectivity index (χ4v) is 1.30. The van der Waals surface area contributed by atoms with Crippen molar-refractivity contribution in [2.24, 2.45) is 5.73 Å². The molecule has 1 heterocycles. The van der Waals surface area contributed by atoms with Crippen molar-refractivity contribution >= 4 is 0 Å². The summed E-state index contributed by atoms with van der Waals surface area (Å²) in [5.41, 5.74) is 7.24. The van der Waals surface area contributed by atoms with Gasteiger partial charge in [-0.25, -0.2) is 9.07 Å². The van der Waals surface area contributed by atoms with Gasteiger partial charge in [-0.1, -0.05) is 0 Å². The highest BCUT2D eigenvalue weighted by atomic mass is 19.1. The van der Waals surface area contributed by atoms with Crippen LogP contribution in [0.2, 0.25) is 0 Å². The van der Waals surface area contributed by atoms with E-state index in [-0.39, 0.29) is 5.82 Å². The van der Waals surface area contributed by atoms with Gasteiger partial charge in [-0.3, -0.25) is 0 Å². The van der Waals surface area contributed by atoms with Gasteiger partial charge in [-0.2, -0.15) is 5.10 Å². The molecule has 0 amide bonds. The van der Waals surface area contributed by atoms with E-state index < -0.39 is 0 Å². The first-order valence-corrected chi connectivity index (χ1v) is 4.30. The molecule has 3 nitrogen and oxygen atoms in total. The van der Waals surface area contributed by atoms with E-state index in [1.165, 1.54) is 12.1 Å². The zero-order valence-electron chi connectivity index (χ0n) is 7.52. The van der Waals surface area contributed by atoms with Gasteiger partial charge in [0, 0.05) is 12.7 Å². The summed E-state index contributed by atoms with van der Waals surface area (Å²) in [6.45, 7) is 0.414. The van der Waals surface area contributed by atoms with Crippen molar-refractivity contribution in [2.75, 3.05) is 0 Å². The average molecular weight is 191 g/mol. The minimum Gasteiger partial charge on any atom is -0.325 e. The van der Waals surface area contributed by atoms with E-state index in [2.05, 4.69) is 5.10 Å². The molecule has 2 aromatic rings. The molecule has 0 fully saturated rings. The highest BCUT2D eigenvalue weighted by Gasteiger charge is 2.02. The molecule has 14 heavy (non-hydrogen) atoms. The Bertz CT molecular complexity index is 419. The molecule has 0 saturated carbocycles. The Hall–Kier alpha value is -1.68. The summed E-state index contributed by atoms with van der Waals surface area (Å²) in [6.07, 6.45) is 1.67. The van der Waals surface area contributed by atoms with Gasteiger partial charge in [0.25, 0.3) is 0 Å². The highest BCUT2D eigenvalue weighted by molar-refractivity contribution is 5.32. The summed E-state index contributed by atoms with van der Waals surface area (Å²) in [6, 6.07) is 7.97. The highest BCUT2D eigenvalue weighted by Crippen LogP contribution is 2.10. The van der Waals surface area contributed by atoms with Gasteiger partial charge in [-0.15, -0.1) is 0 Å². The Morgan fingerprint density at radius 1 is 1.21 bits per heavy atom. The minimum atomic E-state index is -0.254. The lowest BCUT2D eigenvalue weighted by Gasteiger charge is -2.04. The lowest BCUT2D eigenvalue weighted by molar-refractivity contribution is 0.626. The van der Waals surface area contributed by atoms with Crippen molar-refractivity contribution < 1.29 is 4.39 Å². The molecule has 1 aromatic heterocycles.